The van der Waals surface area contributed by atoms with Crippen LogP contribution in [0, 0.1) is 0 Å². The summed E-state index contributed by atoms with van der Waals surface area (Å²) >= 11 is 3.32. The van der Waals surface area contributed by atoms with Crippen molar-refractivity contribution in [3.05, 3.63) is 0 Å². The molecule has 0 atom stereocenters. The van der Waals surface area contributed by atoms with Gasteiger partial charge < -0.3 is 10.2 Å². The maximum Gasteiger partial charge on any atom is 0.283 e. The molecule has 0 aromatic heterocycles. The van der Waals surface area contributed by atoms with Crippen molar-refractivity contribution in [1.82, 2.24) is 10.2 Å². The second-order valence-electron chi connectivity index (χ2n) is 11.3. The Morgan fingerprint density at radius 1 is 0.628 bits per heavy atom. The molecule has 0 aromatic rings. The largest absolute Gasteiger partial charge is 0.323 e. The predicted octanol–water partition coefficient (Wildman–Crippen LogP) is 11.4. The number of hydrogen-bond acceptors (Lipinski definition) is 9. The zero-order valence-electron chi connectivity index (χ0n) is 29.1. The van der Waals surface area contributed by atoms with Crippen LogP contribution in [0.15, 0.2) is 0 Å². The molecule has 1 N–H and O–H groups in total. The van der Waals surface area contributed by atoms with Crippen LogP contribution in [0.5, 0.6) is 0 Å². The number of carbonyl (C=O) groups excluding carboxylic acids is 1. The molecule has 0 saturated carbocycles. The topological polar surface area (TPSA) is 69.3 Å². The lowest BCUT2D eigenvalue weighted by Gasteiger charge is -2.22. The molecule has 0 fully saturated rings. The molecule has 7 nitrogen and oxygen atoms in total. The average molecular weight is 671 g/mol. The predicted molar refractivity (Wildman–Crippen MR) is 192 cm³/mol. The molecule has 0 aliphatic heterocycles. The first-order valence-electron chi connectivity index (χ1n) is 17.3. The third kappa shape index (κ3) is 33.5. The quantitative estimate of drug-likeness (QED) is 0.0441. The van der Waals surface area contributed by atoms with Gasteiger partial charge in [0.15, 0.2) is 24.6 Å². The van der Waals surface area contributed by atoms with E-state index in [1.165, 1.54) is 114 Å². The first-order valence-corrected chi connectivity index (χ1v) is 19.9. The molecule has 260 valence electrons. The first-order chi connectivity index (χ1) is 21.0. The van der Waals surface area contributed by atoms with Crippen LogP contribution >= 0.6 is 36.4 Å². The summed E-state index contributed by atoms with van der Waals surface area (Å²) in [5.41, 5.74) is 0. The lowest BCUT2D eigenvalue weighted by atomic mass is 10.0. The van der Waals surface area contributed by atoms with Crippen molar-refractivity contribution in [3.8, 4) is 0 Å². The highest BCUT2D eigenvalue weighted by atomic mass is 32.2. The van der Waals surface area contributed by atoms with Gasteiger partial charge in [0.05, 0.1) is 18.8 Å². The number of hydrogen-bond donors (Lipinski definition) is 1. The smallest absolute Gasteiger partial charge is 0.283 e. The van der Waals surface area contributed by atoms with Crippen LogP contribution in [0.3, 0.4) is 0 Å². The molecule has 0 saturated heterocycles. The maximum atomic E-state index is 12.4. The minimum atomic E-state index is -0.0319. The number of rotatable bonds is 31. The fraction of sp³-hybridized carbons (Fsp3) is 0.970. The molecule has 0 heterocycles. The summed E-state index contributed by atoms with van der Waals surface area (Å²) in [4.78, 5) is 14.1. The number of unbranched alkanes of at least 4 members (excludes halogenated alkanes) is 12. The number of amides is 1. The highest BCUT2D eigenvalue weighted by molar-refractivity contribution is 8.12. The average Bonchev–Trinajstić information content (AvgIpc) is 3.01. The molecular formula is C33H70N2O5S3. The van der Waals surface area contributed by atoms with E-state index in [0.29, 0.717) is 13.2 Å². The molecule has 0 aromatic carbocycles. The fourth-order valence-corrected chi connectivity index (χ4v) is 5.88. The van der Waals surface area contributed by atoms with Crippen molar-refractivity contribution >= 4 is 41.6 Å². The van der Waals surface area contributed by atoms with E-state index < -0.39 is 0 Å². The zero-order chi connectivity index (χ0) is 32.2. The van der Waals surface area contributed by atoms with E-state index in [4.69, 9.17) is 16.7 Å². The molecule has 0 bridgehead atoms. The Bertz CT molecular complexity index is 529. The standard InChI is InChI=1S/C31H63NO5S3.C2H7N/c1-6-10-14-18-22-29(23-19-15-11-7-2)36-39-34-27-26-32(31(33)38-5)28-35-40-37-30(24-20-16-12-8-3)25-21-17-13-9-4;1-3-2/h29-30H,6-28H2,1-5H3;3H,1-2H3. The summed E-state index contributed by atoms with van der Waals surface area (Å²) in [5, 5.41) is 2.72. The van der Waals surface area contributed by atoms with Gasteiger partial charge >= 0.3 is 0 Å². The van der Waals surface area contributed by atoms with E-state index in [9.17, 15) is 4.79 Å². The van der Waals surface area contributed by atoms with Gasteiger partial charge in [-0.05, 0) is 46.0 Å². The Labute approximate surface area is 281 Å². The van der Waals surface area contributed by atoms with Gasteiger partial charge in [0.2, 0.25) is 0 Å². The number of carbonyl (C=O) groups is 1. The summed E-state index contributed by atoms with van der Waals surface area (Å²) in [7, 11) is 3.75. The van der Waals surface area contributed by atoms with Gasteiger partial charge in [-0.1, -0.05) is 142 Å². The Morgan fingerprint density at radius 2 is 1.00 bits per heavy atom. The van der Waals surface area contributed by atoms with Crippen LogP contribution in [0.2, 0.25) is 0 Å². The van der Waals surface area contributed by atoms with E-state index >= 15 is 0 Å². The number of nitrogens with one attached hydrogen (secondary N) is 1. The molecule has 10 heteroatoms. The van der Waals surface area contributed by atoms with Gasteiger partial charge in [-0.2, -0.15) is 0 Å². The van der Waals surface area contributed by atoms with Crippen molar-refractivity contribution in [2.75, 3.05) is 40.2 Å². The third-order valence-electron chi connectivity index (χ3n) is 7.05. The van der Waals surface area contributed by atoms with Gasteiger partial charge in [-0.3, -0.25) is 21.5 Å². The van der Waals surface area contributed by atoms with E-state index in [-0.39, 0.29) is 24.2 Å². The molecule has 43 heavy (non-hydrogen) atoms. The molecular weight excluding hydrogens is 601 g/mol. The van der Waals surface area contributed by atoms with Crippen molar-refractivity contribution in [2.24, 2.45) is 0 Å². The summed E-state index contributed by atoms with van der Waals surface area (Å²) < 4.78 is 23.5. The van der Waals surface area contributed by atoms with Crippen molar-refractivity contribution in [2.45, 2.75) is 168 Å². The highest BCUT2D eigenvalue weighted by Crippen LogP contribution is 2.23. The second kappa shape index (κ2) is 38.5. The number of nitrogens with zero attached hydrogens (tertiary/aromatic N) is 1. The van der Waals surface area contributed by atoms with Crippen LogP contribution < -0.4 is 5.32 Å². The molecule has 1 amide bonds. The SMILES string of the molecule is CCCCCCC(CCCCCC)OSOCCN(COSOC(CCCCCC)CCCCCC)C(=O)SC.CNC. The Hall–Kier alpha value is 0.320. The summed E-state index contributed by atoms with van der Waals surface area (Å²) in [6.45, 7) is 9.98. The van der Waals surface area contributed by atoms with Crippen molar-refractivity contribution < 1.29 is 21.5 Å². The molecule has 0 spiro atoms. The second-order valence-corrected chi connectivity index (χ2v) is 13.2. The minimum Gasteiger partial charge on any atom is -0.323 e. The van der Waals surface area contributed by atoms with E-state index in [1.807, 2.05) is 14.1 Å². The molecule has 0 rings (SSSR count). The van der Waals surface area contributed by atoms with E-state index in [2.05, 4.69) is 33.0 Å². The lowest BCUT2D eigenvalue weighted by Crippen LogP contribution is -2.32. The third-order valence-corrected chi connectivity index (χ3v) is 8.82. The van der Waals surface area contributed by atoms with Gasteiger partial charge in [0, 0.05) is 6.54 Å². The van der Waals surface area contributed by atoms with Crippen molar-refractivity contribution in [1.29, 1.82) is 0 Å². The van der Waals surface area contributed by atoms with Gasteiger partial charge in [0.1, 0.15) is 6.73 Å². The Kier molecular flexibility index (Phi) is 40.7. The summed E-state index contributed by atoms with van der Waals surface area (Å²) in [6, 6.07) is 0. The van der Waals surface area contributed by atoms with Crippen LogP contribution in [0.4, 0.5) is 4.79 Å². The van der Waals surface area contributed by atoms with E-state index in [1.54, 1.807) is 11.2 Å². The highest BCUT2D eigenvalue weighted by Gasteiger charge is 2.16. The zero-order valence-corrected chi connectivity index (χ0v) is 31.6. The van der Waals surface area contributed by atoms with Gasteiger partial charge in [-0.15, -0.1) is 0 Å². The van der Waals surface area contributed by atoms with Gasteiger partial charge in [0.25, 0.3) is 5.24 Å². The number of thioether (sulfide) groups is 1. The van der Waals surface area contributed by atoms with Crippen molar-refractivity contribution in [3.63, 3.8) is 0 Å². The fourth-order valence-electron chi connectivity index (χ4n) is 4.45. The molecule has 0 unspecified atom stereocenters. The minimum absolute atomic E-state index is 0.0319. The Morgan fingerprint density at radius 3 is 1.35 bits per heavy atom. The van der Waals surface area contributed by atoms with E-state index in [0.717, 1.165) is 50.3 Å². The van der Waals surface area contributed by atoms with Crippen LogP contribution in [0.1, 0.15) is 156 Å². The summed E-state index contributed by atoms with van der Waals surface area (Å²) in [5.74, 6) is 0. The normalized spacial score (nSPS) is 11.3. The molecule has 0 aliphatic rings. The molecule has 0 aliphatic carbocycles. The van der Waals surface area contributed by atoms with Crippen LogP contribution in [0.25, 0.3) is 0 Å². The lowest BCUT2D eigenvalue weighted by molar-refractivity contribution is 0.126. The molecule has 0 radical (unpaired) electrons. The summed E-state index contributed by atoms with van der Waals surface area (Å²) in [6.07, 6.45) is 26.5. The van der Waals surface area contributed by atoms with Crippen LogP contribution in [-0.4, -0.2) is 62.6 Å². The van der Waals surface area contributed by atoms with Crippen LogP contribution in [-0.2, 0) is 16.7 Å². The van der Waals surface area contributed by atoms with Gasteiger partial charge in [-0.25, -0.2) is 0 Å². The Balaban J connectivity index is 0. The monoisotopic (exact) mass is 670 g/mol. The first kappa shape index (κ1) is 45.4. The maximum absolute atomic E-state index is 12.4.